The Bertz CT molecular complexity index is 310. The van der Waals surface area contributed by atoms with Gasteiger partial charge in [-0.05, 0) is 0 Å². The van der Waals surface area contributed by atoms with Crippen molar-refractivity contribution < 1.29 is 9.59 Å². The molecule has 3 amide bonds. The maximum absolute atomic E-state index is 12.0. The summed E-state index contributed by atoms with van der Waals surface area (Å²) in [6.45, 7) is 7.38. The highest BCUT2D eigenvalue weighted by Gasteiger charge is 2.24. The zero-order valence-corrected chi connectivity index (χ0v) is 12.5. The number of nitrogens with one attached hydrogen (secondary N) is 1. The summed E-state index contributed by atoms with van der Waals surface area (Å²) in [5, 5.41) is 3.24. The summed E-state index contributed by atoms with van der Waals surface area (Å²) in [5.41, 5.74) is 0. The summed E-state index contributed by atoms with van der Waals surface area (Å²) in [4.78, 5) is 28.9. The Morgan fingerprint density at radius 1 is 1.11 bits per heavy atom. The van der Waals surface area contributed by atoms with E-state index < -0.39 is 0 Å². The number of nitrogens with zero attached hydrogens (tertiary/aromatic N) is 3. The molecular weight excluding hydrogens is 244 g/mol. The fourth-order valence-corrected chi connectivity index (χ4v) is 2.06. The van der Waals surface area contributed by atoms with Crippen molar-refractivity contribution in [1.29, 1.82) is 0 Å². The van der Waals surface area contributed by atoms with Crippen LogP contribution in [-0.4, -0.2) is 79.5 Å². The van der Waals surface area contributed by atoms with Crippen molar-refractivity contribution in [2.45, 2.75) is 26.3 Å². The number of hydrogen-bond donors (Lipinski definition) is 1. The van der Waals surface area contributed by atoms with Crippen molar-refractivity contribution in [1.82, 2.24) is 20.0 Å². The molecule has 0 bridgehead atoms. The van der Waals surface area contributed by atoms with Gasteiger partial charge in [0.2, 0.25) is 5.91 Å². The van der Waals surface area contributed by atoms with Crippen LogP contribution < -0.4 is 5.32 Å². The summed E-state index contributed by atoms with van der Waals surface area (Å²) in [6.07, 6.45) is 0.528. The van der Waals surface area contributed by atoms with E-state index in [0.717, 1.165) is 0 Å². The summed E-state index contributed by atoms with van der Waals surface area (Å²) in [7, 11) is 3.49. The molecule has 1 aliphatic heterocycles. The Morgan fingerprint density at radius 3 is 2.11 bits per heavy atom. The Kier molecular flexibility index (Phi) is 6.08. The van der Waals surface area contributed by atoms with Gasteiger partial charge < -0.3 is 20.0 Å². The minimum atomic E-state index is 0.0218. The fraction of sp³-hybridized carbons (Fsp3) is 0.846. The molecular formula is C13H26N4O2. The molecule has 1 heterocycles. The van der Waals surface area contributed by atoms with Gasteiger partial charge in [0.25, 0.3) is 0 Å². The first-order chi connectivity index (χ1) is 8.91. The molecule has 1 rings (SSSR count). The van der Waals surface area contributed by atoms with Crippen LogP contribution in [0.1, 0.15) is 20.3 Å². The average molecular weight is 270 g/mol. The van der Waals surface area contributed by atoms with Gasteiger partial charge in [-0.15, -0.1) is 0 Å². The van der Waals surface area contributed by atoms with E-state index in [1.54, 1.807) is 23.9 Å². The van der Waals surface area contributed by atoms with E-state index in [4.69, 9.17) is 0 Å². The minimum absolute atomic E-state index is 0.0218. The first-order valence-corrected chi connectivity index (χ1v) is 6.89. The van der Waals surface area contributed by atoms with E-state index >= 15 is 0 Å². The average Bonchev–Trinajstić information content (AvgIpc) is 2.37. The number of rotatable bonds is 4. The second-order valence-electron chi connectivity index (χ2n) is 5.40. The van der Waals surface area contributed by atoms with Crippen LogP contribution in [0.3, 0.4) is 0 Å². The SMILES string of the molecule is CC(C)NCCC(=O)N1CCN(C(=O)N(C)C)CC1. The maximum atomic E-state index is 12.0. The van der Waals surface area contributed by atoms with Crippen LogP contribution in [0.25, 0.3) is 0 Å². The predicted octanol–water partition coefficient (Wildman–Crippen LogP) is 0.200. The third-order valence-corrected chi connectivity index (χ3v) is 3.18. The summed E-state index contributed by atoms with van der Waals surface area (Å²) in [5.74, 6) is 0.171. The number of carbonyl (C=O) groups excluding carboxylic acids is 2. The molecule has 0 atom stereocenters. The van der Waals surface area contributed by atoms with Gasteiger partial charge in [-0.1, -0.05) is 13.8 Å². The third-order valence-electron chi connectivity index (χ3n) is 3.18. The minimum Gasteiger partial charge on any atom is -0.339 e. The third kappa shape index (κ3) is 5.06. The van der Waals surface area contributed by atoms with E-state index in [2.05, 4.69) is 19.2 Å². The summed E-state index contributed by atoms with van der Waals surface area (Å²) < 4.78 is 0. The molecule has 0 aromatic carbocycles. The highest BCUT2D eigenvalue weighted by Crippen LogP contribution is 2.05. The van der Waals surface area contributed by atoms with Gasteiger partial charge in [-0.3, -0.25) is 4.79 Å². The van der Waals surface area contributed by atoms with Crippen LogP contribution in [0.2, 0.25) is 0 Å². The quantitative estimate of drug-likeness (QED) is 0.794. The molecule has 1 saturated heterocycles. The highest BCUT2D eigenvalue weighted by molar-refractivity contribution is 5.77. The number of hydrogen-bond acceptors (Lipinski definition) is 3. The molecule has 1 N–H and O–H groups in total. The number of carbonyl (C=O) groups is 2. The monoisotopic (exact) mass is 270 g/mol. The summed E-state index contributed by atoms with van der Waals surface area (Å²) >= 11 is 0. The van der Waals surface area contributed by atoms with Crippen LogP contribution in [-0.2, 0) is 4.79 Å². The van der Waals surface area contributed by atoms with Crippen molar-refractivity contribution in [3.63, 3.8) is 0 Å². The zero-order chi connectivity index (χ0) is 14.4. The van der Waals surface area contributed by atoms with Crippen molar-refractivity contribution in [3.8, 4) is 0 Å². The van der Waals surface area contributed by atoms with Crippen LogP contribution in [0.4, 0.5) is 4.79 Å². The van der Waals surface area contributed by atoms with Gasteiger partial charge in [-0.25, -0.2) is 4.79 Å². The number of piperazine rings is 1. The van der Waals surface area contributed by atoms with E-state index in [9.17, 15) is 9.59 Å². The Morgan fingerprint density at radius 2 is 1.63 bits per heavy atom. The Balaban J connectivity index is 2.29. The molecule has 0 aromatic heterocycles. The van der Waals surface area contributed by atoms with E-state index in [-0.39, 0.29) is 11.9 Å². The van der Waals surface area contributed by atoms with E-state index in [1.165, 1.54) is 0 Å². The molecule has 1 fully saturated rings. The van der Waals surface area contributed by atoms with E-state index in [1.807, 2.05) is 4.90 Å². The van der Waals surface area contributed by atoms with Crippen LogP contribution in [0, 0.1) is 0 Å². The lowest BCUT2D eigenvalue weighted by molar-refractivity contribution is -0.132. The lowest BCUT2D eigenvalue weighted by Crippen LogP contribution is -2.53. The smallest absolute Gasteiger partial charge is 0.319 e. The maximum Gasteiger partial charge on any atom is 0.319 e. The molecule has 0 aromatic rings. The molecule has 0 aliphatic carbocycles. The number of amides is 3. The van der Waals surface area contributed by atoms with Crippen molar-refractivity contribution in [2.24, 2.45) is 0 Å². The Hall–Kier alpha value is -1.30. The fourth-order valence-electron chi connectivity index (χ4n) is 2.06. The standard InChI is InChI=1S/C13H26N4O2/c1-11(2)14-6-5-12(18)16-7-9-17(10-8-16)13(19)15(3)4/h11,14H,5-10H2,1-4H3. The highest BCUT2D eigenvalue weighted by atomic mass is 16.2. The van der Waals surface area contributed by atoms with Crippen molar-refractivity contribution in [2.75, 3.05) is 46.8 Å². The van der Waals surface area contributed by atoms with Gasteiger partial charge in [0.15, 0.2) is 0 Å². The Labute approximate surface area is 115 Å². The topological polar surface area (TPSA) is 55.9 Å². The molecule has 1 aliphatic rings. The van der Waals surface area contributed by atoms with Gasteiger partial charge in [-0.2, -0.15) is 0 Å². The van der Waals surface area contributed by atoms with Crippen molar-refractivity contribution in [3.05, 3.63) is 0 Å². The predicted molar refractivity (Wildman–Crippen MR) is 75.0 cm³/mol. The van der Waals surface area contributed by atoms with Crippen molar-refractivity contribution >= 4 is 11.9 Å². The van der Waals surface area contributed by atoms with Crippen LogP contribution in [0.5, 0.6) is 0 Å². The van der Waals surface area contributed by atoms with Crippen LogP contribution in [0.15, 0.2) is 0 Å². The molecule has 0 radical (unpaired) electrons. The molecule has 6 heteroatoms. The first kappa shape index (κ1) is 15.8. The normalized spacial score (nSPS) is 15.8. The van der Waals surface area contributed by atoms with Gasteiger partial charge >= 0.3 is 6.03 Å². The lowest BCUT2D eigenvalue weighted by Gasteiger charge is -2.36. The second kappa shape index (κ2) is 7.33. The van der Waals surface area contributed by atoms with Gasteiger partial charge in [0, 0.05) is 59.3 Å². The number of urea groups is 1. The molecule has 6 nitrogen and oxygen atoms in total. The van der Waals surface area contributed by atoms with Crippen LogP contribution >= 0.6 is 0 Å². The molecule has 0 saturated carbocycles. The summed E-state index contributed by atoms with van der Waals surface area (Å²) in [6, 6.07) is 0.427. The zero-order valence-electron chi connectivity index (χ0n) is 12.5. The molecule has 0 spiro atoms. The molecule has 19 heavy (non-hydrogen) atoms. The van der Waals surface area contributed by atoms with E-state index in [0.29, 0.717) is 45.2 Å². The molecule has 0 unspecified atom stereocenters. The van der Waals surface area contributed by atoms with Gasteiger partial charge in [0.05, 0.1) is 0 Å². The first-order valence-electron chi connectivity index (χ1n) is 6.89. The molecule has 110 valence electrons. The second-order valence-corrected chi connectivity index (χ2v) is 5.40. The largest absolute Gasteiger partial charge is 0.339 e. The lowest BCUT2D eigenvalue weighted by atomic mass is 10.2. The van der Waals surface area contributed by atoms with Gasteiger partial charge in [0.1, 0.15) is 0 Å².